The second-order valence-corrected chi connectivity index (χ2v) is 6.02. The van der Waals surface area contributed by atoms with Gasteiger partial charge in [-0.2, -0.15) is 0 Å². The van der Waals surface area contributed by atoms with Gasteiger partial charge in [-0.3, -0.25) is 4.98 Å². The molecular weight excluding hydrogens is 274 g/mol. The van der Waals surface area contributed by atoms with Gasteiger partial charge in [-0.05, 0) is 31.9 Å². The molecule has 0 bridgehead atoms. The summed E-state index contributed by atoms with van der Waals surface area (Å²) < 4.78 is 5.51. The molecule has 1 aliphatic rings. The van der Waals surface area contributed by atoms with Gasteiger partial charge in [0.2, 0.25) is 0 Å². The summed E-state index contributed by atoms with van der Waals surface area (Å²) >= 11 is 0. The highest BCUT2D eigenvalue weighted by Gasteiger charge is 2.23. The first-order chi connectivity index (χ1) is 10.6. The summed E-state index contributed by atoms with van der Waals surface area (Å²) in [5, 5.41) is 0. The van der Waals surface area contributed by atoms with Crippen LogP contribution in [0.4, 0.5) is 5.69 Å². The van der Waals surface area contributed by atoms with Crippen molar-refractivity contribution >= 4 is 5.69 Å². The Morgan fingerprint density at radius 1 is 1.32 bits per heavy atom. The molecule has 0 spiro atoms. The van der Waals surface area contributed by atoms with Crippen LogP contribution in [0.15, 0.2) is 30.5 Å². The fraction of sp³-hybridized carbons (Fsp3) is 0.389. The summed E-state index contributed by atoms with van der Waals surface area (Å²) in [4.78, 5) is 6.94. The van der Waals surface area contributed by atoms with Crippen molar-refractivity contribution in [2.24, 2.45) is 5.73 Å². The highest BCUT2D eigenvalue weighted by Crippen LogP contribution is 2.30. The zero-order valence-electron chi connectivity index (χ0n) is 13.5. The number of fused-ring (bicyclic) bond motifs is 1. The highest BCUT2D eigenvalue weighted by molar-refractivity contribution is 5.57. The van der Waals surface area contributed by atoms with E-state index in [1.165, 1.54) is 11.3 Å². The van der Waals surface area contributed by atoms with Gasteiger partial charge < -0.3 is 15.4 Å². The van der Waals surface area contributed by atoms with Crippen LogP contribution in [0.25, 0.3) is 0 Å². The first-order valence-electron chi connectivity index (χ1n) is 7.67. The van der Waals surface area contributed by atoms with E-state index in [0.29, 0.717) is 0 Å². The third kappa shape index (κ3) is 2.66. The number of hydrogen-bond donors (Lipinski definition) is 1. The number of anilines is 1. The molecule has 0 aliphatic carbocycles. The third-order valence-electron chi connectivity index (χ3n) is 4.36. The van der Waals surface area contributed by atoms with Crippen LogP contribution >= 0.6 is 0 Å². The summed E-state index contributed by atoms with van der Waals surface area (Å²) in [6.45, 7) is 5.71. The number of methoxy groups -OCH3 is 1. The molecule has 1 aromatic carbocycles. The maximum atomic E-state index is 6.23. The van der Waals surface area contributed by atoms with Crippen LogP contribution in [-0.2, 0) is 13.0 Å². The molecule has 1 aliphatic heterocycles. The van der Waals surface area contributed by atoms with E-state index in [1.807, 2.05) is 13.1 Å². The van der Waals surface area contributed by atoms with Crippen molar-refractivity contribution < 1.29 is 4.74 Å². The number of para-hydroxylation sites is 1. The Kier molecular flexibility index (Phi) is 4.03. The standard InChI is InChI=1S/C18H23N3O/c1-12-9-20-16(13(2)18(12)22-3)11-21-10-15(19)8-14-6-4-5-7-17(14)21/h4-7,9,15H,8,10-11,19H2,1-3H3. The topological polar surface area (TPSA) is 51.4 Å². The van der Waals surface area contributed by atoms with Crippen molar-refractivity contribution in [3.63, 3.8) is 0 Å². The number of nitrogens with zero attached hydrogens (tertiary/aromatic N) is 2. The van der Waals surface area contributed by atoms with Gasteiger partial charge in [0.15, 0.2) is 0 Å². The zero-order valence-corrected chi connectivity index (χ0v) is 13.5. The quantitative estimate of drug-likeness (QED) is 0.946. The minimum Gasteiger partial charge on any atom is -0.496 e. The van der Waals surface area contributed by atoms with Crippen molar-refractivity contribution in [1.82, 2.24) is 4.98 Å². The van der Waals surface area contributed by atoms with Crippen molar-refractivity contribution in [3.05, 3.63) is 52.8 Å². The van der Waals surface area contributed by atoms with E-state index in [4.69, 9.17) is 10.5 Å². The summed E-state index contributed by atoms with van der Waals surface area (Å²) in [7, 11) is 1.71. The molecule has 2 N–H and O–H groups in total. The Bertz CT molecular complexity index is 684. The summed E-state index contributed by atoms with van der Waals surface area (Å²) in [5.74, 6) is 0.930. The Hall–Kier alpha value is -2.07. The first-order valence-corrected chi connectivity index (χ1v) is 7.67. The molecule has 1 aromatic heterocycles. The smallest absolute Gasteiger partial charge is 0.128 e. The number of hydrogen-bond acceptors (Lipinski definition) is 4. The molecule has 1 atom stereocenters. The second kappa shape index (κ2) is 5.97. The minimum atomic E-state index is 0.169. The van der Waals surface area contributed by atoms with E-state index in [0.717, 1.165) is 42.1 Å². The van der Waals surface area contributed by atoms with E-state index < -0.39 is 0 Å². The van der Waals surface area contributed by atoms with E-state index in [-0.39, 0.29) is 6.04 Å². The second-order valence-electron chi connectivity index (χ2n) is 6.02. The predicted octanol–water partition coefficient (Wildman–Crippen LogP) is 2.60. The van der Waals surface area contributed by atoms with Crippen molar-refractivity contribution in [3.8, 4) is 5.75 Å². The van der Waals surface area contributed by atoms with E-state index in [1.54, 1.807) is 7.11 Å². The minimum absolute atomic E-state index is 0.169. The summed E-state index contributed by atoms with van der Waals surface area (Å²) in [6, 6.07) is 8.66. The Labute approximate surface area is 131 Å². The summed E-state index contributed by atoms with van der Waals surface area (Å²) in [6.07, 6.45) is 2.83. The van der Waals surface area contributed by atoms with Gasteiger partial charge in [0.1, 0.15) is 5.75 Å². The molecule has 3 rings (SSSR count). The van der Waals surface area contributed by atoms with Gasteiger partial charge >= 0.3 is 0 Å². The molecule has 0 saturated heterocycles. The van der Waals surface area contributed by atoms with Gasteiger partial charge in [-0.25, -0.2) is 0 Å². The average molecular weight is 297 g/mol. The highest BCUT2D eigenvalue weighted by atomic mass is 16.5. The monoisotopic (exact) mass is 297 g/mol. The zero-order chi connectivity index (χ0) is 15.7. The van der Waals surface area contributed by atoms with Crippen molar-refractivity contribution in [2.75, 3.05) is 18.6 Å². The Morgan fingerprint density at radius 3 is 2.86 bits per heavy atom. The van der Waals surface area contributed by atoms with Crippen LogP contribution in [0.5, 0.6) is 5.75 Å². The number of benzene rings is 1. The van der Waals surface area contributed by atoms with Gasteiger partial charge in [-0.1, -0.05) is 18.2 Å². The molecular formula is C18H23N3O. The molecule has 22 heavy (non-hydrogen) atoms. The molecule has 2 heterocycles. The number of rotatable bonds is 3. The van der Waals surface area contributed by atoms with E-state index in [2.05, 4.69) is 41.1 Å². The molecule has 0 fully saturated rings. The first kappa shape index (κ1) is 14.9. The molecule has 0 radical (unpaired) electrons. The van der Waals surface area contributed by atoms with Crippen LogP contribution in [0.2, 0.25) is 0 Å². The van der Waals surface area contributed by atoms with Gasteiger partial charge in [0.05, 0.1) is 19.3 Å². The summed E-state index contributed by atoms with van der Waals surface area (Å²) in [5.41, 5.74) is 12.0. The lowest BCUT2D eigenvalue weighted by atomic mass is 9.98. The molecule has 116 valence electrons. The number of aryl methyl sites for hydroxylation is 1. The third-order valence-corrected chi connectivity index (χ3v) is 4.36. The average Bonchev–Trinajstić information content (AvgIpc) is 2.50. The Balaban J connectivity index is 1.94. The van der Waals surface area contributed by atoms with Crippen LogP contribution < -0.4 is 15.4 Å². The van der Waals surface area contributed by atoms with Gasteiger partial charge in [0.25, 0.3) is 0 Å². The molecule has 0 saturated carbocycles. The number of aromatic nitrogens is 1. The predicted molar refractivity (Wildman–Crippen MR) is 89.4 cm³/mol. The maximum Gasteiger partial charge on any atom is 0.128 e. The van der Waals surface area contributed by atoms with Crippen LogP contribution in [0.1, 0.15) is 22.4 Å². The number of pyridine rings is 1. The molecule has 4 heteroatoms. The van der Waals surface area contributed by atoms with E-state index >= 15 is 0 Å². The largest absolute Gasteiger partial charge is 0.496 e. The van der Waals surface area contributed by atoms with Crippen LogP contribution in [0, 0.1) is 13.8 Å². The van der Waals surface area contributed by atoms with Crippen molar-refractivity contribution in [1.29, 1.82) is 0 Å². The molecule has 0 amide bonds. The van der Waals surface area contributed by atoms with Crippen molar-refractivity contribution in [2.45, 2.75) is 32.9 Å². The molecule has 4 nitrogen and oxygen atoms in total. The lowest BCUT2D eigenvalue weighted by Gasteiger charge is -2.34. The van der Waals surface area contributed by atoms with Gasteiger partial charge in [-0.15, -0.1) is 0 Å². The SMILES string of the molecule is COc1c(C)cnc(CN2CC(N)Cc3ccccc32)c1C. The lowest BCUT2D eigenvalue weighted by molar-refractivity contribution is 0.406. The van der Waals surface area contributed by atoms with E-state index in [9.17, 15) is 0 Å². The maximum absolute atomic E-state index is 6.23. The number of ether oxygens (including phenoxy) is 1. The lowest BCUT2D eigenvalue weighted by Crippen LogP contribution is -2.43. The van der Waals surface area contributed by atoms with Gasteiger partial charge in [0, 0.05) is 35.6 Å². The fourth-order valence-corrected chi connectivity index (χ4v) is 3.28. The molecule has 1 unspecified atom stereocenters. The molecule has 2 aromatic rings. The normalized spacial score (nSPS) is 17.3. The fourth-order valence-electron chi connectivity index (χ4n) is 3.28. The van der Waals surface area contributed by atoms with Crippen LogP contribution in [0.3, 0.4) is 0 Å². The van der Waals surface area contributed by atoms with Crippen LogP contribution in [-0.4, -0.2) is 24.7 Å². The number of nitrogens with two attached hydrogens (primary N) is 1. The Morgan fingerprint density at radius 2 is 2.09 bits per heavy atom.